The summed E-state index contributed by atoms with van der Waals surface area (Å²) in [6.45, 7) is 0. The van der Waals surface area contributed by atoms with Crippen molar-refractivity contribution in [2.45, 2.75) is 0 Å². The van der Waals surface area contributed by atoms with Crippen LogP contribution in [0.2, 0.25) is 0 Å². The molecule has 0 spiro atoms. The molecule has 22 heavy (non-hydrogen) atoms. The van der Waals surface area contributed by atoms with Crippen LogP contribution >= 0.6 is 0 Å². The molecule has 0 aromatic heterocycles. The highest BCUT2D eigenvalue weighted by Gasteiger charge is 2.06. The fourth-order valence-corrected chi connectivity index (χ4v) is 1.30. The normalized spacial score (nSPS) is 9.27. The van der Waals surface area contributed by atoms with Crippen LogP contribution in [0.1, 0.15) is 10.4 Å². The first-order valence-electron chi connectivity index (χ1n) is 5.72. The third-order valence-corrected chi connectivity index (χ3v) is 2.39. The van der Waals surface area contributed by atoms with Gasteiger partial charge in [-0.15, -0.1) is 0 Å². The van der Waals surface area contributed by atoms with Crippen LogP contribution in [0.15, 0.2) is 48.5 Å². The second kappa shape index (κ2) is 7.33. The maximum Gasteiger partial charge on any atom is 0.335 e. The molecule has 0 unspecified atom stereocenters. The monoisotopic (exact) mass is 306 g/mol. The Hall–Kier alpha value is -3.49. The minimum Gasteiger partial charge on any atom is -0.508 e. The van der Waals surface area contributed by atoms with Gasteiger partial charge in [0.15, 0.2) is 0 Å². The Balaban J connectivity index is 0.000000224. The van der Waals surface area contributed by atoms with Gasteiger partial charge in [0.25, 0.3) is 11.4 Å². The lowest BCUT2D eigenvalue weighted by molar-refractivity contribution is -0.385. The molecule has 0 saturated heterocycles. The molecular weight excluding hydrogens is 296 g/mol. The van der Waals surface area contributed by atoms with E-state index >= 15 is 0 Å². The Morgan fingerprint density at radius 3 is 1.50 bits per heavy atom. The summed E-state index contributed by atoms with van der Waals surface area (Å²) in [5.41, 5.74) is -0.0848. The van der Waals surface area contributed by atoms with Gasteiger partial charge in [-0.05, 0) is 24.3 Å². The van der Waals surface area contributed by atoms with E-state index in [1.807, 2.05) is 0 Å². The minimum atomic E-state index is -1.09. The maximum atomic E-state index is 10.3. The summed E-state index contributed by atoms with van der Waals surface area (Å²) >= 11 is 0. The fourth-order valence-electron chi connectivity index (χ4n) is 1.30. The van der Waals surface area contributed by atoms with E-state index in [0.29, 0.717) is 0 Å². The largest absolute Gasteiger partial charge is 0.508 e. The van der Waals surface area contributed by atoms with Crippen LogP contribution < -0.4 is 0 Å². The molecule has 9 nitrogen and oxygen atoms in total. The third kappa shape index (κ3) is 4.89. The number of nitro groups is 2. The number of carboxylic acids is 1. The van der Waals surface area contributed by atoms with Gasteiger partial charge in [0.05, 0.1) is 15.4 Å². The van der Waals surface area contributed by atoms with Crippen molar-refractivity contribution in [2.75, 3.05) is 0 Å². The Morgan fingerprint density at radius 2 is 1.18 bits per heavy atom. The van der Waals surface area contributed by atoms with Crippen LogP contribution in [0, 0.1) is 20.2 Å². The molecule has 2 aromatic carbocycles. The van der Waals surface area contributed by atoms with Crippen molar-refractivity contribution in [2.24, 2.45) is 0 Å². The number of non-ortho nitro benzene ring substituents is 2. The molecular formula is C13H10N2O7. The average molecular weight is 306 g/mol. The molecule has 9 heteroatoms. The Bertz CT molecular complexity index is 648. The zero-order valence-electron chi connectivity index (χ0n) is 10.9. The Kier molecular flexibility index (Phi) is 5.52. The lowest BCUT2D eigenvalue weighted by Gasteiger charge is -1.92. The highest BCUT2D eigenvalue weighted by atomic mass is 16.6. The highest BCUT2D eigenvalue weighted by molar-refractivity contribution is 5.87. The number of hydrogen-bond acceptors (Lipinski definition) is 6. The zero-order valence-corrected chi connectivity index (χ0v) is 10.9. The van der Waals surface area contributed by atoms with Gasteiger partial charge in [0.1, 0.15) is 5.75 Å². The number of nitrogens with zero attached hydrogens (tertiary/aromatic N) is 2. The smallest absolute Gasteiger partial charge is 0.335 e. The van der Waals surface area contributed by atoms with Gasteiger partial charge >= 0.3 is 5.97 Å². The minimum absolute atomic E-state index is 0.0159. The SMILES string of the molecule is O=C(O)c1ccc([N+](=O)[O-])cc1.O=[N+]([O-])c1ccc(O)cc1. The van der Waals surface area contributed by atoms with Crippen LogP contribution in [0.3, 0.4) is 0 Å². The molecule has 114 valence electrons. The van der Waals surface area contributed by atoms with Crippen LogP contribution in [0.25, 0.3) is 0 Å². The summed E-state index contributed by atoms with van der Waals surface area (Å²) in [6.07, 6.45) is 0. The summed E-state index contributed by atoms with van der Waals surface area (Å²) < 4.78 is 0. The number of rotatable bonds is 3. The van der Waals surface area contributed by atoms with Gasteiger partial charge < -0.3 is 10.2 Å². The van der Waals surface area contributed by atoms with Gasteiger partial charge in [-0.2, -0.15) is 0 Å². The summed E-state index contributed by atoms with van der Waals surface area (Å²) in [4.78, 5) is 29.4. The van der Waals surface area contributed by atoms with Crippen molar-refractivity contribution in [1.82, 2.24) is 0 Å². The van der Waals surface area contributed by atoms with Gasteiger partial charge in [-0.3, -0.25) is 20.2 Å². The van der Waals surface area contributed by atoms with E-state index in [4.69, 9.17) is 10.2 Å². The van der Waals surface area contributed by atoms with Crippen molar-refractivity contribution >= 4 is 17.3 Å². The van der Waals surface area contributed by atoms with Gasteiger partial charge in [-0.25, -0.2) is 4.79 Å². The van der Waals surface area contributed by atoms with E-state index in [2.05, 4.69) is 0 Å². The summed E-state index contributed by atoms with van der Waals surface area (Å²) in [5, 5.41) is 37.3. The third-order valence-electron chi connectivity index (χ3n) is 2.39. The van der Waals surface area contributed by atoms with E-state index in [9.17, 15) is 25.0 Å². The number of hydrogen-bond donors (Lipinski definition) is 2. The Labute approximate surface area is 123 Å². The van der Waals surface area contributed by atoms with Crippen LogP contribution in [0.5, 0.6) is 5.75 Å². The molecule has 0 atom stereocenters. The van der Waals surface area contributed by atoms with E-state index in [1.54, 1.807) is 0 Å². The summed E-state index contributed by atoms with van der Waals surface area (Å²) in [7, 11) is 0. The predicted octanol–water partition coefficient (Wildman–Crippen LogP) is 2.59. The number of benzene rings is 2. The number of phenolic OH excluding ortho intramolecular Hbond substituents is 1. The molecule has 0 radical (unpaired) electrons. The first-order chi connectivity index (χ1) is 10.3. The van der Waals surface area contributed by atoms with Crippen molar-refractivity contribution in [3.8, 4) is 5.75 Å². The van der Waals surface area contributed by atoms with Crippen LogP contribution in [-0.4, -0.2) is 26.0 Å². The molecule has 0 aliphatic rings. The molecule has 0 saturated carbocycles. The molecule has 2 aromatic rings. The van der Waals surface area contributed by atoms with E-state index in [1.165, 1.54) is 36.4 Å². The number of carbonyl (C=O) groups is 1. The standard InChI is InChI=1S/C7H5NO4.C6H5NO3/c9-7(10)5-1-3-6(4-2-5)8(11)12;8-6-3-1-5(2-4-6)7(9)10/h1-4H,(H,9,10);1-4,8H. The second-order valence-corrected chi connectivity index (χ2v) is 3.88. The van der Waals surface area contributed by atoms with Crippen molar-refractivity contribution in [3.63, 3.8) is 0 Å². The number of phenols is 1. The van der Waals surface area contributed by atoms with Gasteiger partial charge in [0.2, 0.25) is 0 Å². The quantitative estimate of drug-likeness (QED) is 0.654. The molecule has 2 N–H and O–H groups in total. The maximum absolute atomic E-state index is 10.3. The van der Waals surface area contributed by atoms with E-state index < -0.39 is 15.8 Å². The molecule has 0 aliphatic carbocycles. The molecule has 0 bridgehead atoms. The summed E-state index contributed by atoms with van der Waals surface area (Å²) in [6, 6.07) is 9.74. The van der Waals surface area contributed by atoms with Crippen LogP contribution in [-0.2, 0) is 0 Å². The highest BCUT2D eigenvalue weighted by Crippen LogP contribution is 2.15. The van der Waals surface area contributed by atoms with Crippen molar-refractivity contribution < 1.29 is 24.9 Å². The first kappa shape index (κ1) is 16.6. The lowest BCUT2D eigenvalue weighted by atomic mass is 10.2. The van der Waals surface area contributed by atoms with Crippen molar-refractivity contribution in [1.29, 1.82) is 0 Å². The number of carboxylic acid groups (broad SMARTS) is 1. The van der Waals surface area contributed by atoms with Gasteiger partial charge in [0, 0.05) is 24.3 Å². The molecule has 2 rings (SSSR count). The van der Waals surface area contributed by atoms with E-state index in [0.717, 1.165) is 12.1 Å². The molecule has 0 fully saturated rings. The molecule has 0 amide bonds. The lowest BCUT2D eigenvalue weighted by Crippen LogP contribution is -1.96. The topological polar surface area (TPSA) is 144 Å². The number of aromatic carboxylic acids is 1. The Morgan fingerprint density at radius 1 is 0.818 bits per heavy atom. The van der Waals surface area contributed by atoms with E-state index in [-0.39, 0.29) is 22.7 Å². The first-order valence-corrected chi connectivity index (χ1v) is 5.72. The zero-order chi connectivity index (χ0) is 16.7. The average Bonchev–Trinajstić information content (AvgIpc) is 2.48. The molecule has 0 heterocycles. The predicted molar refractivity (Wildman–Crippen MR) is 74.8 cm³/mol. The number of aromatic hydroxyl groups is 1. The van der Waals surface area contributed by atoms with Gasteiger partial charge in [-0.1, -0.05) is 0 Å². The molecule has 0 aliphatic heterocycles. The van der Waals surface area contributed by atoms with Crippen molar-refractivity contribution in [3.05, 3.63) is 74.3 Å². The summed E-state index contributed by atoms with van der Waals surface area (Å²) in [5.74, 6) is -1.06. The number of nitro benzene ring substituents is 2. The van der Waals surface area contributed by atoms with Crippen LogP contribution in [0.4, 0.5) is 11.4 Å². The fraction of sp³-hybridized carbons (Fsp3) is 0. The second-order valence-electron chi connectivity index (χ2n) is 3.88.